The summed E-state index contributed by atoms with van der Waals surface area (Å²) >= 11 is 4.34. The number of hydrogen-bond donors (Lipinski definition) is 2. The second-order valence-electron chi connectivity index (χ2n) is 6.08. The van der Waals surface area contributed by atoms with Crippen molar-refractivity contribution in [3.05, 3.63) is 0 Å². The van der Waals surface area contributed by atoms with Gasteiger partial charge in [-0.15, -0.1) is 12.6 Å². The van der Waals surface area contributed by atoms with Crippen LogP contribution in [0.1, 0.15) is 48.0 Å². The maximum absolute atomic E-state index is 10.3. The largest absolute Gasteiger partial charge is 0.378 e. The fourth-order valence-electron chi connectivity index (χ4n) is 1.91. The van der Waals surface area contributed by atoms with Gasteiger partial charge in [-0.25, -0.2) is 0 Å². The van der Waals surface area contributed by atoms with Gasteiger partial charge in [-0.3, -0.25) is 0 Å². The molecule has 0 aromatic rings. The molecule has 0 fully saturated rings. The zero-order chi connectivity index (χ0) is 12.3. The lowest BCUT2D eigenvalue weighted by molar-refractivity contribution is -0.0638. The third kappa shape index (κ3) is 5.23. The van der Waals surface area contributed by atoms with Crippen LogP contribution in [0.3, 0.4) is 0 Å². The van der Waals surface area contributed by atoms with Crippen LogP contribution in [-0.4, -0.2) is 23.3 Å². The summed E-state index contributed by atoms with van der Waals surface area (Å²) in [4.78, 5) is -1.07. The summed E-state index contributed by atoms with van der Waals surface area (Å²) in [6, 6.07) is 0. The van der Waals surface area contributed by atoms with Gasteiger partial charge in [-0.05, 0) is 18.8 Å². The van der Waals surface area contributed by atoms with Crippen LogP contribution in [0.2, 0.25) is 0 Å². The molecule has 3 heteroatoms. The van der Waals surface area contributed by atoms with Crippen molar-refractivity contribution >= 4 is 12.6 Å². The number of aliphatic hydroxyl groups is 1. The molecule has 0 aliphatic rings. The second-order valence-corrected chi connectivity index (χ2v) is 6.81. The molecule has 1 N–H and O–H groups in total. The summed E-state index contributed by atoms with van der Waals surface area (Å²) in [6.07, 6.45) is 0.896. The van der Waals surface area contributed by atoms with E-state index in [4.69, 9.17) is 4.74 Å². The van der Waals surface area contributed by atoms with Gasteiger partial charge in [-0.1, -0.05) is 34.6 Å². The van der Waals surface area contributed by atoms with E-state index in [0.717, 1.165) is 6.42 Å². The predicted molar refractivity (Wildman–Crippen MR) is 68.3 cm³/mol. The van der Waals surface area contributed by atoms with Crippen molar-refractivity contribution in [1.82, 2.24) is 0 Å². The van der Waals surface area contributed by atoms with Crippen LogP contribution in [0.4, 0.5) is 0 Å². The molecule has 1 unspecified atom stereocenters. The maximum atomic E-state index is 10.3. The van der Waals surface area contributed by atoms with Gasteiger partial charge < -0.3 is 9.84 Å². The summed E-state index contributed by atoms with van der Waals surface area (Å²) in [7, 11) is 0. The Hall–Kier alpha value is 0.270. The molecule has 2 nitrogen and oxygen atoms in total. The molecule has 1 atom stereocenters. The SMILES string of the molecule is CCOCC(O)(S)C(C)(C)CC(C)(C)C. The van der Waals surface area contributed by atoms with Crippen molar-refractivity contribution in [2.45, 2.75) is 52.9 Å². The van der Waals surface area contributed by atoms with E-state index >= 15 is 0 Å². The number of ether oxygens (including phenoxy) is 1. The molecule has 0 spiro atoms. The molecule has 0 amide bonds. The summed E-state index contributed by atoms with van der Waals surface area (Å²) in [5, 5.41) is 10.3. The normalized spacial score (nSPS) is 17.6. The third-order valence-corrected chi connectivity index (χ3v) is 3.30. The summed E-state index contributed by atoms with van der Waals surface area (Å²) < 4.78 is 5.27. The van der Waals surface area contributed by atoms with Gasteiger partial charge in [0.2, 0.25) is 0 Å². The molecule has 0 saturated carbocycles. The molecule has 15 heavy (non-hydrogen) atoms. The smallest absolute Gasteiger partial charge is 0.136 e. The lowest BCUT2D eigenvalue weighted by atomic mass is 9.73. The first-order valence-electron chi connectivity index (χ1n) is 5.54. The average Bonchev–Trinajstić information content (AvgIpc) is 1.96. The molecule has 0 radical (unpaired) electrons. The molecule has 0 saturated heterocycles. The van der Waals surface area contributed by atoms with Gasteiger partial charge in [0, 0.05) is 12.0 Å². The monoisotopic (exact) mass is 234 g/mol. The van der Waals surface area contributed by atoms with E-state index in [0.29, 0.717) is 6.61 Å². The molecule has 0 heterocycles. The highest BCUT2D eigenvalue weighted by Gasteiger charge is 2.42. The Balaban J connectivity index is 4.54. The first kappa shape index (κ1) is 15.3. The van der Waals surface area contributed by atoms with E-state index in [2.05, 4.69) is 33.4 Å². The Labute approximate surface area is 99.8 Å². The first-order chi connectivity index (χ1) is 6.52. The van der Waals surface area contributed by atoms with E-state index in [-0.39, 0.29) is 17.4 Å². The van der Waals surface area contributed by atoms with Gasteiger partial charge in [0.25, 0.3) is 0 Å². The molecular weight excluding hydrogens is 208 g/mol. The zero-order valence-corrected chi connectivity index (χ0v) is 11.8. The quantitative estimate of drug-likeness (QED) is 0.565. The average molecular weight is 234 g/mol. The number of hydrogen-bond acceptors (Lipinski definition) is 3. The number of thiol groups is 1. The fourth-order valence-corrected chi connectivity index (χ4v) is 2.08. The van der Waals surface area contributed by atoms with Crippen molar-refractivity contribution in [2.24, 2.45) is 10.8 Å². The maximum Gasteiger partial charge on any atom is 0.136 e. The second kappa shape index (κ2) is 5.07. The zero-order valence-electron chi connectivity index (χ0n) is 10.9. The Morgan fingerprint density at radius 1 is 1.13 bits per heavy atom. The molecule has 0 rings (SSSR count). The minimum Gasteiger partial charge on any atom is -0.378 e. The summed E-state index contributed by atoms with van der Waals surface area (Å²) in [5.41, 5.74) is -0.101. The Kier molecular flexibility index (Phi) is 5.16. The predicted octanol–water partition coefficient (Wildman–Crippen LogP) is 3.10. The minimum absolute atomic E-state index is 0.173. The molecule has 0 aromatic carbocycles. The van der Waals surface area contributed by atoms with E-state index < -0.39 is 4.93 Å². The van der Waals surface area contributed by atoms with Crippen LogP contribution < -0.4 is 0 Å². The lowest BCUT2D eigenvalue weighted by Gasteiger charge is -2.42. The minimum atomic E-state index is -1.07. The standard InChI is InChI=1S/C12H26O2S/c1-7-14-9-12(13,15)11(5,6)8-10(2,3)4/h13,15H,7-9H2,1-6H3. The fraction of sp³-hybridized carbons (Fsp3) is 1.00. The van der Waals surface area contributed by atoms with Crippen molar-refractivity contribution in [2.75, 3.05) is 13.2 Å². The van der Waals surface area contributed by atoms with Crippen LogP contribution in [0.5, 0.6) is 0 Å². The molecular formula is C12H26O2S. The van der Waals surface area contributed by atoms with Gasteiger partial charge in [0.05, 0.1) is 6.61 Å². The molecule has 0 bridgehead atoms. The van der Waals surface area contributed by atoms with E-state index in [1.165, 1.54) is 0 Å². The van der Waals surface area contributed by atoms with Crippen molar-refractivity contribution in [1.29, 1.82) is 0 Å². The molecule has 92 valence electrons. The Bertz CT molecular complexity index is 192. The highest BCUT2D eigenvalue weighted by molar-refractivity contribution is 7.81. The van der Waals surface area contributed by atoms with Crippen molar-refractivity contribution in [3.63, 3.8) is 0 Å². The summed E-state index contributed by atoms with van der Waals surface area (Å²) in [6.45, 7) is 13.4. The Morgan fingerprint density at radius 2 is 1.60 bits per heavy atom. The van der Waals surface area contributed by atoms with E-state index in [9.17, 15) is 5.11 Å². The van der Waals surface area contributed by atoms with E-state index in [1.807, 2.05) is 20.8 Å². The number of rotatable bonds is 5. The molecule has 0 aromatic heterocycles. The van der Waals surface area contributed by atoms with Crippen molar-refractivity contribution < 1.29 is 9.84 Å². The van der Waals surface area contributed by atoms with Gasteiger partial charge >= 0.3 is 0 Å². The summed E-state index contributed by atoms with van der Waals surface area (Å²) in [5.74, 6) is 0. The van der Waals surface area contributed by atoms with Gasteiger partial charge in [0.15, 0.2) is 0 Å². The van der Waals surface area contributed by atoms with Crippen molar-refractivity contribution in [3.8, 4) is 0 Å². The van der Waals surface area contributed by atoms with Gasteiger partial charge in [0.1, 0.15) is 4.93 Å². The highest BCUT2D eigenvalue weighted by Crippen LogP contribution is 2.43. The van der Waals surface area contributed by atoms with Crippen LogP contribution >= 0.6 is 12.6 Å². The molecule has 0 aliphatic heterocycles. The molecule has 0 aliphatic carbocycles. The lowest BCUT2D eigenvalue weighted by Crippen LogP contribution is -2.45. The van der Waals surface area contributed by atoms with Crippen LogP contribution in [0, 0.1) is 10.8 Å². The van der Waals surface area contributed by atoms with Crippen LogP contribution in [-0.2, 0) is 4.74 Å². The van der Waals surface area contributed by atoms with Crippen LogP contribution in [0.15, 0.2) is 0 Å². The first-order valence-corrected chi connectivity index (χ1v) is 5.99. The van der Waals surface area contributed by atoms with Gasteiger partial charge in [-0.2, -0.15) is 0 Å². The van der Waals surface area contributed by atoms with E-state index in [1.54, 1.807) is 0 Å². The third-order valence-electron chi connectivity index (χ3n) is 2.56. The topological polar surface area (TPSA) is 29.5 Å². The Morgan fingerprint density at radius 3 is 1.93 bits per heavy atom. The van der Waals surface area contributed by atoms with Crippen LogP contribution in [0.25, 0.3) is 0 Å². The highest BCUT2D eigenvalue weighted by atomic mass is 32.1.